The Morgan fingerprint density at radius 1 is 1.36 bits per heavy atom. The number of hydrogen-bond donors (Lipinski definition) is 4. The summed E-state index contributed by atoms with van der Waals surface area (Å²) in [6.07, 6.45) is 0. The topological polar surface area (TPSA) is 98.7 Å². The molecule has 0 radical (unpaired) electrons. The summed E-state index contributed by atoms with van der Waals surface area (Å²) < 4.78 is 0. The standard InChI is InChI=1S/C8H16N2O4/c1-5(2)6(7(12)13)10-8(14)9-3-4-11/h5-6,11H,3-4H2,1-2H3,(H,12,13)(H2,9,10,14). The van der Waals surface area contributed by atoms with E-state index < -0.39 is 18.0 Å². The second-order valence-electron chi connectivity index (χ2n) is 3.18. The SMILES string of the molecule is CC(C)C(NC(=O)NCCO)C(=O)O. The normalized spacial score (nSPS) is 12.3. The zero-order valence-corrected chi connectivity index (χ0v) is 8.28. The van der Waals surface area contributed by atoms with E-state index in [1.54, 1.807) is 13.8 Å². The van der Waals surface area contributed by atoms with Gasteiger partial charge in [0.05, 0.1) is 6.61 Å². The van der Waals surface area contributed by atoms with Gasteiger partial charge in [0.1, 0.15) is 6.04 Å². The largest absolute Gasteiger partial charge is 0.480 e. The molecule has 0 spiro atoms. The number of nitrogens with one attached hydrogen (secondary N) is 2. The summed E-state index contributed by atoms with van der Waals surface area (Å²) in [4.78, 5) is 21.7. The minimum Gasteiger partial charge on any atom is -0.480 e. The van der Waals surface area contributed by atoms with Crippen LogP contribution in [0.2, 0.25) is 0 Å². The van der Waals surface area contributed by atoms with Crippen LogP contribution in [0, 0.1) is 5.92 Å². The van der Waals surface area contributed by atoms with E-state index in [-0.39, 0.29) is 19.1 Å². The summed E-state index contributed by atoms with van der Waals surface area (Å²) >= 11 is 0. The zero-order valence-electron chi connectivity index (χ0n) is 8.28. The molecule has 0 aromatic heterocycles. The highest BCUT2D eigenvalue weighted by molar-refractivity contribution is 5.82. The fraction of sp³-hybridized carbons (Fsp3) is 0.750. The smallest absolute Gasteiger partial charge is 0.326 e. The lowest BCUT2D eigenvalue weighted by Gasteiger charge is -2.17. The highest BCUT2D eigenvalue weighted by Gasteiger charge is 2.22. The van der Waals surface area contributed by atoms with Crippen LogP contribution in [0.25, 0.3) is 0 Å². The van der Waals surface area contributed by atoms with Gasteiger partial charge in [-0.05, 0) is 5.92 Å². The number of rotatable bonds is 5. The van der Waals surface area contributed by atoms with Gasteiger partial charge in [-0.15, -0.1) is 0 Å². The molecule has 6 heteroatoms. The van der Waals surface area contributed by atoms with E-state index in [9.17, 15) is 9.59 Å². The molecular formula is C8H16N2O4. The van der Waals surface area contributed by atoms with Crippen molar-refractivity contribution in [1.82, 2.24) is 10.6 Å². The van der Waals surface area contributed by atoms with Crippen LogP contribution in [0.5, 0.6) is 0 Å². The maximum Gasteiger partial charge on any atom is 0.326 e. The van der Waals surface area contributed by atoms with Crippen molar-refractivity contribution in [2.75, 3.05) is 13.2 Å². The number of carbonyl (C=O) groups is 2. The molecule has 0 aliphatic carbocycles. The minimum absolute atomic E-state index is 0.107. The van der Waals surface area contributed by atoms with E-state index >= 15 is 0 Å². The van der Waals surface area contributed by atoms with E-state index in [2.05, 4.69) is 10.6 Å². The number of carboxylic acids is 1. The molecule has 0 aromatic rings. The number of hydrogen-bond acceptors (Lipinski definition) is 3. The molecule has 82 valence electrons. The van der Waals surface area contributed by atoms with E-state index in [1.807, 2.05) is 0 Å². The Morgan fingerprint density at radius 3 is 2.29 bits per heavy atom. The first-order valence-electron chi connectivity index (χ1n) is 4.37. The van der Waals surface area contributed by atoms with E-state index in [0.717, 1.165) is 0 Å². The van der Waals surface area contributed by atoms with Crippen LogP contribution in [0.15, 0.2) is 0 Å². The van der Waals surface area contributed by atoms with Crippen molar-refractivity contribution in [3.8, 4) is 0 Å². The lowest BCUT2D eigenvalue weighted by Crippen LogP contribution is -2.49. The fourth-order valence-corrected chi connectivity index (χ4v) is 0.875. The van der Waals surface area contributed by atoms with Crippen LogP contribution in [-0.2, 0) is 4.79 Å². The summed E-state index contributed by atoms with van der Waals surface area (Å²) in [5.74, 6) is -1.26. The molecule has 0 aliphatic heterocycles. The molecule has 0 saturated heterocycles. The Hall–Kier alpha value is -1.30. The molecule has 1 atom stereocenters. The summed E-state index contributed by atoms with van der Waals surface area (Å²) in [5.41, 5.74) is 0. The van der Waals surface area contributed by atoms with Gasteiger partial charge in [0, 0.05) is 6.54 Å². The van der Waals surface area contributed by atoms with Gasteiger partial charge in [-0.3, -0.25) is 0 Å². The minimum atomic E-state index is -1.07. The third-order valence-corrected chi connectivity index (χ3v) is 1.62. The maximum atomic E-state index is 11.0. The quantitative estimate of drug-likeness (QED) is 0.480. The zero-order chi connectivity index (χ0) is 11.1. The van der Waals surface area contributed by atoms with E-state index in [4.69, 9.17) is 10.2 Å². The first-order valence-corrected chi connectivity index (χ1v) is 4.37. The molecule has 0 rings (SSSR count). The Morgan fingerprint density at radius 2 is 1.93 bits per heavy atom. The highest BCUT2D eigenvalue weighted by Crippen LogP contribution is 2.00. The van der Waals surface area contributed by atoms with Crippen LogP contribution in [0.1, 0.15) is 13.8 Å². The Balaban J connectivity index is 4.04. The van der Waals surface area contributed by atoms with Crippen molar-refractivity contribution in [1.29, 1.82) is 0 Å². The van der Waals surface area contributed by atoms with Gasteiger partial charge in [-0.25, -0.2) is 9.59 Å². The number of aliphatic hydroxyl groups excluding tert-OH is 1. The van der Waals surface area contributed by atoms with Crippen LogP contribution < -0.4 is 10.6 Å². The van der Waals surface area contributed by atoms with Crippen molar-refractivity contribution in [2.45, 2.75) is 19.9 Å². The number of amides is 2. The highest BCUT2D eigenvalue weighted by atomic mass is 16.4. The van der Waals surface area contributed by atoms with Crippen molar-refractivity contribution < 1.29 is 19.8 Å². The van der Waals surface area contributed by atoms with E-state index in [0.29, 0.717) is 0 Å². The second kappa shape index (κ2) is 6.20. The summed E-state index contributed by atoms with van der Waals surface area (Å²) in [7, 11) is 0. The molecule has 0 aromatic carbocycles. The van der Waals surface area contributed by atoms with Crippen LogP contribution in [0.4, 0.5) is 4.79 Å². The Labute approximate surface area is 82.3 Å². The average Bonchev–Trinajstić information content (AvgIpc) is 2.09. The van der Waals surface area contributed by atoms with Crippen molar-refractivity contribution in [2.24, 2.45) is 5.92 Å². The van der Waals surface area contributed by atoms with Crippen LogP contribution in [0.3, 0.4) is 0 Å². The molecule has 1 unspecified atom stereocenters. The van der Waals surface area contributed by atoms with Gasteiger partial charge >= 0.3 is 12.0 Å². The molecule has 0 aliphatic rings. The van der Waals surface area contributed by atoms with E-state index in [1.165, 1.54) is 0 Å². The molecule has 4 N–H and O–H groups in total. The first kappa shape index (κ1) is 12.7. The van der Waals surface area contributed by atoms with Crippen LogP contribution in [-0.4, -0.2) is 41.4 Å². The third kappa shape index (κ3) is 4.66. The number of urea groups is 1. The Kier molecular flexibility index (Phi) is 5.62. The number of aliphatic hydroxyl groups is 1. The molecule has 0 saturated carbocycles. The van der Waals surface area contributed by atoms with Gasteiger partial charge < -0.3 is 20.8 Å². The fourth-order valence-electron chi connectivity index (χ4n) is 0.875. The second-order valence-corrected chi connectivity index (χ2v) is 3.18. The summed E-state index contributed by atoms with van der Waals surface area (Å²) in [6.45, 7) is 3.33. The lowest BCUT2D eigenvalue weighted by atomic mass is 10.1. The number of aliphatic carboxylic acids is 1. The lowest BCUT2D eigenvalue weighted by molar-refractivity contribution is -0.140. The molecule has 0 heterocycles. The number of carbonyl (C=O) groups excluding carboxylic acids is 1. The van der Waals surface area contributed by atoms with Gasteiger partial charge in [-0.1, -0.05) is 13.8 Å². The summed E-state index contributed by atoms with van der Waals surface area (Å²) in [5, 5.41) is 21.7. The molecular weight excluding hydrogens is 188 g/mol. The predicted octanol–water partition coefficient (Wildman–Crippen LogP) is -0.613. The molecule has 0 bridgehead atoms. The molecule has 0 fully saturated rings. The first-order chi connectivity index (χ1) is 6.49. The van der Waals surface area contributed by atoms with Crippen LogP contribution >= 0.6 is 0 Å². The average molecular weight is 204 g/mol. The van der Waals surface area contributed by atoms with Crippen molar-refractivity contribution in [3.63, 3.8) is 0 Å². The summed E-state index contributed by atoms with van der Waals surface area (Å²) in [6, 6.07) is -1.49. The van der Waals surface area contributed by atoms with Gasteiger partial charge in [0.2, 0.25) is 0 Å². The molecule has 6 nitrogen and oxygen atoms in total. The third-order valence-electron chi connectivity index (χ3n) is 1.62. The van der Waals surface area contributed by atoms with Gasteiger partial charge in [0.15, 0.2) is 0 Å². The van der Waals surface area contributed by atoms with Crippen molar-refractivity contribution in [3.05, 3.63) is 0 Å². The van der Waals surface area contributed by atoms with Gasteiger partial charge in [-0.2, -0.15) is 0 Å². The maximum absolute atomic E-state index is 11.0. The van der Waals surface area contributed by atoms with Crippen molar-refractivity contribution >= 4 is 12.0 Å². The Bertz CT molecular complexity index is 206. The molecule has 14 heavy (non-hydrogen) atoms. The predicted molar refractivity (Wildman–Crippen MR) is 49.9 cm³/mol. The molecule has 2 amide bonds. The monoisotopic (exact) mass is 204 g/mol. The number of carboxylic acid groups (broad SMARTS) is 1. The van der Waals surface area contributed by atoms with Gasteiger partial charge in [0.25, 0.3) is 0 Å².